The molecule has 0 radical (unpaired) electrons. The summed E-state index contributed by atoms with van der Waals surface area (Å²) in [7, 11) is -1.51. The minimum atomic E-state index is -3.30. The molecule has 27 heavy (non-hydrogen) atoms. The number of fused-ring (bicyclic) bond motifs is 1. The molecule has 1 amide bonds. The Morgan fingerprint density at radius 1 is 1.19 bits per heavy atom. The van der Waals surface area contributed by atoms with Gasteiger partial charge in [0.15, 0.2) is 0 Å². The van der Waals surface area contributed by atoms with E-state index >= 15 is 0 Å². The highest BCUT2D eigenvalue weighted by molar-refractivity contribution is 7.98. The van der Waals surface area contributed by atoms with Crippen molar-refractivity contribution in [3.63, 3.8) is 0 Å². The van der Waals surface area contributed by atoms with Crippen molar-refractivity contribution in [2.75, 3.05) is 30.4 Å². The molecule has 0 saturated heterocycles. The van der Waals surface area contributed by atoms with Crippen LogP contribution in [0.15, 0.2) is 47.4 Å². The fourth-order valence-corrected chi connectivity index (χ4v) is 4.74. The van der Waals surface area contributed by atoms with Crippen molar-refractivity contribution in [2.45, 2.75) is 24.3 Å². The van der Waals surface area contributed by atoms with Gasteiger partial charge >= 0.3 is 0 Å². The maximum absolute atomic E-state index is 12.8. The van der Waals surface area contributed by atoms with Crippen molar-refractivity contribution in [1.82, 2.24) is 4.90 Å². The van der Waals surface area contributed by atoms with Crippen LogP contribution in [-0.2, 0) is 23.0 Å². The van der Waals surface area contributed by atoms with E-state index in [1.807, 2.05) is 24.5 Å². The first kappa shape index (κ1) is 19.8. The molecule has 1 aliphatic heterocycles. The van der Waals surface area contributed by atoms with Crippen LogP contribution in [0.2, 0.25) is 0 Å². The Bertz CT molecular complexity index is 940. The molecule has 7 heteroatoms. The molecule has 0 bridgehead atoms. The minimum absolute atomic E-state index is 0.0665. The van der Waals surface area contributed by atoms with Gasteiger partial charge in [-0.1, -0.05) is 12.1 Å². The second kappa shape index (κ2) is 7.94. The number of carbonyl (C=O) groups is 1. The number of thioether (sulfide) groups is 1. The summed E-state index contributed by atoms with van der Waals surface area (Å²) in [6.07, 6.45) is 4.79. The van der Waals surface area contributed by atoms with E-state index in [0.717, 1.165) is 24.0 Å². The number of hydrogen-bond donors (Lipinski definition) is 0. The number of nitrogens with zero attached hydrogens (tertiary/aromatic N) is 2. The van der Waals surface area contributed by atoms with Crippen LogP contribution in [0.3, 0.4) is 0 Å². The molecule has 144 valence electrons. The minimum Gasteiger partial charge on any atom is -0.337 e. The molecular formula is C20H24N2O3S2. The van der Waals surface area contributed by atoms with Gasteiger partial charge in [-0.25, -0.2) is 8.42 Å². The average Bonchev–Trinajstić information content (AvgIpc) is 2.66. The largest absolute Gasteiger partial charge is 0.337 e. The molecule has 0 spiro atoms. The molecule has 0 N–H and O–H groups in total. The zero-order valence-electron chi connectivity index (χ0n) is 15.8. The van der Waals surface area contributed by atoms with Crippen molar-refractivity contribution in [3.05, 3.63) is 59.2 Å². The molecule has 2 aromatic rings. The molecule has 0 aromatic heterocycles. The third-order valence-corrected chi connectivity index (χ3v) is 6.65. The molecule has 1 heterocycles. The van der Waals surface area contributed by atoms with E-state index in [9.17, 15) is 13.2 Å². The average molecular weight is 405 g/mol. The standard InChI is InChI=1S/C20H24N2O3S2/c1-21(14-15-6-9-18(26-2)10-7-15)20(23)17-8-11-19-16(13-17)5-4-12-22(19)27(3,24)25/h6-11,13H,4-5,12,14H2,1-3H3. The molecule has 0 fully saturated rings. The van der Waals surface area contributed by atoms with Crippen LogP contribution in [-0.4, -0.2) is 45.3 Å². The lowest BCUT2D eigenvalue weighted by Gasteiger charge is -2.29. The van der Waals surface area contributed by atoms with Gasteiger partial charge in [-0.15, -0.1) is 11.8 Å². The summed E-state index contributed by atoms with van der Waals surface area (Å²) in [5, 5.41) is 0. The van der Waals surface area contributed by atoms with Crippen molar-refractivity contribution in [1.29, 1.82) is 0 Å². The van der Waals surface area contributed by atoms with E-state index in [0.29, 0.717) is 24.3 Å². The van der Waals surface area contributed by atoms with Crippen molar-refractivity contribution in [2.24, 2.45) is 0 Å². The summed E-state index contributed by atoms with van der Waals surface area (Å²) in [6.45, 7) is 1.02. The van der Waals surface area contributed by atoms with Gasteiger partial charge in [0.05, 0.1) is 11.9 Å². The number of carbonyl (C=O) groups excluding carboxylic acids is 1. The second-order valence-electron chi connectivity index (χ2n) is 6.79. The normalized spacial score (nSPS) is 14.0. The number of rotatable bonds is 5. The molecule has 0 saturated carbocycles. The fourth-order valence-electron chi connectivity index (χ4n) is 3.34. The predicted octanol–water partition coefficient (Wildman–Crippen LogP) is 3.39. The second-order valence-corrected chi connectivity index (χ2v) is 9.58. The lowest BCUT2D eigenvalue weighted by molar-refractivity contribution is 0.0785. The summed E-state index contributed by atoms with van der Waals surface area (Å²) in [4.78, 5) is 15.7. The predicted molar refractivity (Wildman–Crippen MR) is 111 cm³/mol. The van der Waals surface area contributed by atoms with E-state index in [2.05, 4.69) is 12.1 Å². The van der Waals surface area contributed by atoms with Crippen LogP contribution in [0.1, 0.15) is 27.9 Å². The van der Waals surface area contributed by atoms with Gasteiger partial charge in [0.1, 0.15) is 0 Å². The molecular weight excluding hydrogens is 380 g/mol. The monoisotopic (exact) mass is 404 g/mol. The Morgan fingerprint density at radius 2 is 1.89 bits per heavy atom. The van der Waals surface area contributed by atoms with E-state index in [1.165, 1.54) is 15.5 Å². The Balaban J connectivity index is 1.78. The van der Waals surface area contributed by atoms with Crippen LogP contribution >= 0.6 is 11.8 Å². The highest BCUT2D eigenvalue weighted by Crippen LogP contribution is 2.30. The zero-order valence-corrected chi connectivity index (χ0v) is 17.4. The van der Waals surface area contributed by atoms with Crippen LogP contribution in [0.25, 0.3) is 0 Å². The molecule has 3 rings (SSSR count). The maximum atomic E-state index is 12.8. The van der Waals surface area contributed by atoms with Crippen molar-refractivity contribution < 1.29 is 13.2 Å². The van der Waals surface area contributed by atoms with Crippen LogP contribution in [0.4, 0.5) is 5.69 Å². The summed E-state index contributed by atoms with van der Waals surface area (Å²) < 4.78 is 25.4. The summed E-state index contributed by atoms with van der Waals surface area (Å²) in [5.74, 6) is -0.0665. The fraction of sp³-hybridized carbons (Fsp3) is 0.350. The SMILES string of the molecule is CSc1ccc(CN(C)C(=O)c2ccc3c(c2)CCCN3S(C)(=O)=O)cc1. The van der Waals surface area contributed by atoms with E-state index in [4.69, 9.17) is 0 Å². The summed E-state index contributed by atoms with van der Waals surface area (Å²) in [6, 6.07) is 13.5. The van der Waals surface area contributed by atoms with E-state index in [1.54, 1.807) is 35.8 Å². The summed E-state index contributed by atoms with van der Waals surface area (Å²) >= 11 is 1.69. The number of anilines is 1. The first-order valence-corrected chi connectivity index (χ1v) is 11.9. The van der Waals surface area contributed by atoms with Gasteiger partial charge < -0.3 is 4.90 Å². The van der Waals surface area contributed by atoms with E-state index < -0.39 is 10.0 Å². The van der Waals surface area contributed by atoms with Gasteiger partial charge in [0, 0.05) is 30.6 Å². The van der Waals surface area contributed by atoms with E-state index in [-0.39, 0.29) is 5.91 Å². The summed E-state index contributed by atoms with van der Waals surface area (Å²) in [5.41, 5.74) is 3.27. The van der Waals surface area contributed by atoms with Crippen LogP contribution in [0.5, 0.6) is 0 Å². The lowest BCUT2D eigenvalue weighted by Crippen LogP contribution is -2.35. The lowest BCUT2D eigenvalue weighted by atomic mass is 10.00. The van der Waals surface area contributed by atoms with Gasteiger partial charge in [-0.2, -0.15) is 0 Å². The number of amides is 1. The molecule has 2 aromatic carbocycles. The van der Waals surface area contributed by atoms with Gasteiger partial charge in [-0.3, -0.25) is 9.10 Å². The Hall–Kier alpha value is -1.99. The molecule has 0 atom stereocenters. The van der Waals surface area contributed by atoms with Gasteiger partial charge in [0.25, 0.3) is 5.91 Å². The van der Waals surface area contributed by atoms with Crippen molar-refractivity contribution in [3.8, 4) is 0 Å². The van der Waals surface area contributed by atoms with Crippen LogP contribution < -0.4 is 4.31 Å². The third-order valence-electron chi connectivity index (χ3n) is 4.73. The van der Waals surface area contributed by atoms with Gasteiger partial charge in [-0.05, 0) is 60.6 Å². The smallest absolute Gasteiger partial charge is 0.253 e. The first-order valence-electron chi connectivity index (χ1n) is 8.78. The number of benzene rings is 2. The molecule has 5 nitrogen and oxygen atoms in total. The number of sulfonamides is 1. The quantitative estimate of drug-likeness (QED) is 0.717. The Kier molecular flexibility index (Phi) is 5.81. The van der Waals surface area contributed by atoms with Crippen molar-refractivity contribution >= 4 is 33.4 Å². The highest BCUT2D eigenvalue weighted by Gasteiger charge is 2.25. The third kappa shape index (κ3) is 4.47. The zero-order chi connectivity index (χ0) is 19.6. The van der Waals surface area contributed by atoms with Crippen LogP contribution in [0, 0.1) is 0 Å². The maximum Gasteiger partial charge on any atom is 0.253 e. The Morgan fingerprint density at radius 3 is 2.52 bits per heavy atom. The number of hydrogen-bond acceptors (Lipinski definition) is 4. The highest BCUT2D eigenvalue weighted by atomic mass is 32.2. The molecule has 0 unspecified atom stereocenters. The number of aryl methyl sites for hydroxylation is 1. The topological polar surface area (TPSA) is 57.7 Å². The first-order chi connectivity index (χ1) is 12.8. The Labute approximate surface area is 165 Å². The van der Waals surface area contributed by atoms with Gasteiger partial charge in [0.2, 0.25) is 10.0 Å². The molecule has 0 aliphatic carbocycles. The molecule has 1 aliphatic rings.